The maximum absolute atomic E-state index is 12.6. The third kappa shape index (κ3) is 5.48. The van der Waals surface area contributed by atoms with Crippen LogP contribution < -0.4 is 4.90 Å². The standard InChI is InChI=1S/C19H16F3N3O3S2/c1-2-25(18-24-13-7-3-4-8-14(13)30-18)15(26)10-28-17(27)12-6-5-9-23-16(12)29-11-19(20,21)22/h3-9H,2,10-11H2,1H3. The zero-order valence-electron chi connectivity index (χ0n) is 15.7. The molecular weight excluding hydrogens is 439 g/mol. The first kappa shape index (κ1) is 22.0. The Bertz CT molecular complexity index is 1020. The van der Waals surface area contributed by atoms with Crippen LogP contribution in [0.5, 0.6) is 0 Å². The van der Waals surface area contributed by atoms with Crippen LogP contribution in [0.1, 0.15) is 17.3 Å². The van der Waals surface area contributed by atoms with Crippen molar-refractivity contribution in [1.82, 2.24) is 9.97 Å². The molecule has 0 spiro atoms. The van der Waals surface area contributed by atoms with Crippen LogP contribution in [-0.2, 0) is 9.53 Å². The molecule has 0 aliphatic rings. The van der Waals surface area contributed by atoms with Gasteiger partial charge in [-0.1, -0.05) is 35.2 Å². The van der Waals surface area contributed by atoms with Crippen molar-refractivity contribution in [3.8, 4) is 0 Å². The number of carbonyl (C=O) groups is 2. The van der Waals surface area contributed by atoms with E-state index in [-0.39, 0.29) is 10.6 Å². The molecule has 0 saturated carbocycles. The minimum Gasteiger partial charge on any atom is -0.452 e. The van der Waals surface area contributed by atoms with E-state index in [4.69, 9.17) is 4.74 Å². The van der Waals surface area contributed by atoms with Crippen molar-refractivity contribution in [3.63, 3.8) is 0 Å². The summed E-state index contributed by atoms with van der Waals surface area (Å²) in [6.07, 6.45) is -3.12. The lowest BCUT2D eigenvalue weighted by molar-refractivity contribution is -0.121. The lowest BCUT2D eigenvalue weighted by Crippen LogP contribution is -2.34. The number of esters is 1. The lowest BCUT2D eigenvalue weighted by Gasteiger charge is -2.17. The van der Waals surface area contributed by atoms with Gasteiger partial charge in [-0.3, -0.25) is 9.69 Å². The van der Waals surface area contributed by atoms with Gasteiger partial charge in [-0.05, 0) is 31.2 Å². The third-order valence-electron chi connectivity index (χ3n) is 3.82. The van der Waals surface area contributed by atoms with Crippen LogP contribution in [0.15, 0.2) is 47.6 Å². The fourth-order valence-electron chi connectivity index (χ4n) is 2.49. The highest BCUT2D eigenvalue weighted by atomic mass is 32.2. The maximum Gasteiger partial charge on any atom is 0.398 e. The second-order valence-corrected chi connectivity index (χ2v) is 7.91. The van der Waals surface area contributed by atoms with Gasteiger partial charge >= 0.3 is 12.1 Å². The molecule has 1 amide bonds. The quantitative estimate of drug-likeness (QED) is 0.384. The summed E-state index contributed by atoms with van der Waals surface area (Å²) in [5, 5.41) is 0.369. The van der Waals surface area contributed by atoms with Crippen LogP contribution in [0.2, 0.25) is 0 Å². The van der Waals surface area contributed by atoms with Gasteiger partial charge in [0, 0.05) is 12.7 Å². The maximum atomic E-state index is 12.6. The Morgan fingerprint density at radius 1 is 1.20 bits per heavy atom. The molecule has 0 fully saturated rings. The molecule has 30 heavy (non-hydrogen) atoms. The summed E-state index contributed by atoms with van der Waals surface area (Å²) in [6, 6.07) is 10.1. The zero-order valence-corrected chi connectivity index (χ0v) is 17.3. The van der Waals surface area contributed by atoms with Gasteiger partial charge in [-0.25, -0.2) is 14.8 Å². The zero-order chi connectivity index (χ0) is 21.7. The van der Waals surface area contributed by atoms with Gasteiger partial charge in [0.25, 0.3) is 5.91 Å². The number of benzene rings is 1. The lowest BCUT2D eigenvalue weighted by atomic mass is 10.3. The number of rotatable bonds is 7. The average molecular weight is 455 g/mol. The minimum atomic E-state index is -4.40. The second kappa shape index (κ2) is 9.43. The average Bonchev–Trinajstić information content (AvgIpc) is 3.14. The van der Waals surface area contributed by atoms with E-state index in [0.29, 0.717) is 23.4 Å². The van der Waals surface area contributed by atoms with E-state index in [1.54, 1.807) is 6.92 Å². The summed E-state index contributed by atoms with van der Waals surface area (Å²) < 4.78 is 43.4. The van der Waals surface area contributed by atoms with Gasteiger partial charge in [0.1, 0.15) is 5.03 Å². The Labute approximate surface area is 178 Å². The van der Waals surface area contributed by atoms with Crippen molar-refractivity contribution in [3.05, 3.63) is 48.2 Å². The van der Waals surface area contributed by atoms with E-state index in [0.717, 1.165) is 10.2 Å². The van der Waals surface area contributed by atoms with E-state index < -0.39 is 30.4 Å². The number of likely N-dealkylation sites (N-methyl/N-ethyl adjacent to an activating group) is 1. The predicted molar refractivity (Wildman–Crippen MR) is 109 cm³/mol. The molecular formula is C19H16F3N3O3S2. The van der Waals surface area contributed by atoms with Crippen molar-refractivity contribution < 1.29 is 27.5 Å². The van der Waals surface area contributed by atoms with Crippen molar-refractivity contribution >= 4 is 50.3 Å². The fourth-order valence-corrected chi connectivity index (χ4v) is 4.28. The van der Waals surface area contributed by atoms with Crippen LogP contribution in [-0.4, -0.2) is 46.9 Å². The summed E-state index contributed by atoms with van der Waals surface area (Å²) in [4.78, 5) is 34.5. The van der Waals surface area contributed by atoms with Gasteiger partial charge in [-0.15, -0.1) is 0 Å². The highest BCUT2D eigenvalue weighted by molar-refractivity contribution is 7.99. The Balaban J connectivity index is 1.67. The Morgan fingerprint density at radius 3 is 2.67 bits per heavy atom. The monoisotopic (exact) mass is 455 g/mol. The molecule has 0 unspecified atom stereocenters. The summed E-state index contributed by atoms with van der Waals surface area (Å²) in [5.74, 6) is -2.59. The predicted octanol–water partition coefficient (Wildman–Crippen LogP) is 4.56. The summed E-state index contributed by atoms with van der Waals surface area (Å²) >= 11 is 1.72. The summed E-state index contributed by atoms with van der Waals surface area (Å²) in [6.45, 7) is 1.51. The molecule has 2 aromatic heterocycles. The van der Waals surface area contributed by atoms with Crippen molar-refractivity contribution in [2.24, 2.45) is 0 Å². The van der Waals surface area contributed by atoms with Gasteiger partial charge in [0.15, 0.2) is 11.7 Å². The van der Waals surface area contributed by atoms with E-state index in [1.807, 2.05) is 24.3 Å². The van der Waals surface area contributed by atoms with E-state index in [1.165, 1.54) is 34.6 Å². The van der Waals surface area contributed by atoms with Gasteiger partial charge in [-0.2, -0.15) is 13.2 Å². The summed E-state index contributed by atoms with van der Waals surface area (Å²) in [5.41, 5.74) is 0.630. The number of thioether (sulfide) groups is 1. The van der Waals surface area contributed by atoms with Crippen LogP contribution >= 0.6 is 23.1 Å². The van der Waals surface area contributed by atoms with E-state index in [9.17, 15) is 22.8 Å². The van der Waals surface area contributed by atoms with Crippen LogP contribution in [0.3, 0.4) is 0 Å². The molecule has 0 aliphatic heterocycles. The molecule has 0 saturated heterocycles. The SMILES string of the molecule is CCN(C(=O)COC(=O)c1cccnc1SCC(F)(F)F)c1nc2ccccc2s1. The smallest absolute Gasteiger partial charge is 0.398 e. The van der Waals surface area contributed by atoms with Crippen molar-refractivity contribution in [2.75, 3.05) is 23.8 Å². The molecule has 0 bridgehead atoms. The van der Waals surface area contributed by atoms with Crippen molar-refractivity contribution in [2.45, 2.75) is 18.1 Å². The van der Waals surface area contributed by atoms with Crippen LogP contribution in [0.4, 0.5) is 18.3 Å². The number of pyridine rings is 1. The molecule has 11 heteroatoms. The molecule has 1 aromatic carbocycles. The van der Waals surface area contributed by atoms with Crippen LogP contribution in [0.25, 0.3) is 10.2 Å². The van der Waals surface area contributed by atoms with Crippen molar-refractivity contribution in [1.29, 1.82) is 0 Å². The minimum absolute atomic E-state index is 0.106. The van der Waals surface area contributed by atoms with Gasteiger partial charge in [0.05, 0.1) is 21.5 Å². The summed E-state index contributed by atoms with van der Waals surface area (Å²) in [7, 11) is 0. The topological polar surface area (TPSA) is 72.4 Å². The number of halogens is 3. The molecule has 2 heterocycles. The normalized spacial score (nSPS) is 11.5. The largest absolute Gasteiger partial charge is 0.452 e. The number of anilines is 1. The first-order valence-electron chi connectivity index (χ1n) is 8.76. The molecule has 3 aromatic rings. The number of hydrogen-bond acceptors (Lipinski definition) is 7. The molecule has 158 valence electrons. The molecule has 0 aliphatic carbocycles. The Hall–Kier alpha value is -2.66. The van der Waals surface area contributed by atoms with E-state index in [2.05, 4.69) is 9.97 Å². The number of ether oxygens (including phenoxy) is 1. The molecule has 6 nitrogen and oxygen atoms in total. The molecule has 3 rings (SSSR count). The number of aromatic nitrogens is 2. The Morgan fingerprint density at radius 2 is 1.97 bits per heavy atom. The number of hydrogen-bond donors (Lipinski definition) is 0. The first-order chi connectivity index (χ1) is 14.3. The Kier molecular flexibility index (Phi) is 6.93. The number of nitrogens with zero attached hydrogens (tertiary/aromatic N) is 3. The van der Waals surface area contributed by atoms with E-state index >= 15 is 0 Å². The number of carbonyl (C=O) groups excluding carboxylic acids is 2. The second-order valence-electron chi connectivity index (χ2n) is 5.94. The highest BCUT2D eigenvalue weighted by Crippen LogP contribution is 2.29. The number of para-hydroxylation sites is 1. The van der Waals surface area contributed by atoms with Gasteiger partial charge < -0.3 is 4.74 Å². The first-order valence-corrected chi connectivity index (χ1v) is 10.6. The van der Waals surface area contributed by atoms with Gasteiger partial charge in [0.2, 0.25) is 0 Å². The molecule has 0 N–H and O–H groups in total. The third-order valence-corrected chi connectivity index (χ3v) is 5.95. The number of thiazole rings is 1. The van der Waals surface area contributed by atoms with Crippen LogP contribution in [0, 0.1) is 0 Å². The number of amides is 1. The fraction of sp³-hybridized carbons (Fsp3) is 0.263. The molecule has 0 atom stereocenters. The number of alkyl halides is 3. The highest BCUT2D eigenvalue weighted by Gasteiger charge is 2.29. The number of fused-ring (bicyclic) bond motifs is 1. The molecule has 0 radical (unpaired) electrons.